The van der Waals surface area contributed by atoms with Crippen LogP contribution in [0.1, 0.15) is 37.9 Å². The first kappa shape index (κ1) is 23.8. The molecule has 0 aliphatic heterocycles. The van der Waals surface area contributed by atoms with E-state index in [0.717, 1.165) is 29.8 Å². The molecule has 1 saturated carbocycles. The van der Waals surface area contributed by atoms with Crippen molar-refractivity contribution < 1.29 is 14.6 Å². The van der Waals surface area contributed by atoms with Gasteiger partial charge in [0.05, 0.1) is 35.8 Å². The van der Waals surface area contributed by atoms with Crippen molar-refractivity contribution in [3.63, 3.8) is 0 Å². The maximum Gasteiger partial charge on any atom is 0.227 e. The van der Waals surface area contributed by atoms with Crippen molar-refractivity contribution in [2.45, 2.75) is 58.4 Å². The number of aromatic nitrogens is 2. The number of rotatable bonds is 11. The minimum Gasteiger partial charge on any atom is -0.439 e. The summed E-state index contributed by atoms with van der Waals surface area (Å²) in [6.45, 7) is 7.49. The molecule has 1 aromatic heterocycles. The van der Waals surface area contributed by atoms with Crippen LogP contribution in [0.2, 0.25) is 5.02 Å². The maximum absolute atomic E-state index is 10.6. The van der Waals surface area contributed by atoms with Crippen LogP contribution in [0.4, 0.5) is 0 Å². The Hall–Kier alpha value is -2.38. The average molecular weight is 470 g/mol. The fourth-order valence-corrected chi connectivity index (χ4v) is 3.92. The van der Waals surface area contributed by atoms with Crippen molar-refractivity contribution in [3.8, 4) is 17.3 Å². The summed E-state index contributed by atoms with van der Waals surface area (Å²) < 4.78 is 13.9. The van der Waals surface area contributed by atoms with Crippen LogP contribution in [-0.4, -0.2) is 51.2 Å². The number of nitrogens with zero attached hydrogens (tertiary/aromatic N) is 3. The largest absolute Gasteiger partial charge is 0.439 e. The Bertz CT molecular complexity index is 1030. The molecule has 6 nitrogen and oxygen atoms in total. The van der Waals surface area contributed by atoms with Gasteiger partial charge in [0.1, 0.15) is 5.75 Å². The third kappa shape index (κ3) is 6.36. The first-order chi connectivity index (χ1) is 15.9. The van der Waals surface area contributed by atoms with Crippen molar-refractivity contribution in [1.29, 1.82) is 0 Å². The predicted octanol–water partition coefficient (Wildman–Crippen LogP) is 5.38. The SMILES string of the molecule is Cc1nn(-c2ccccc2)c(Oc2ccc(Cl)cc2)c1CN(C[C@@H](O)COC(C)C)C1CC1. The van der Waals surface area contributed by atoms with Gasteiger partial charge in [-0.05, 0) is 70.0 Å². The molecule has 1 aliphatic rings. The number of hydrogen-bond acceptors (Lipinski definition) is 5. The molecule has 4 rings (SSSR count). The van der Waals surface area contributed by atoms with Crippen molar-refractivity contribution in [1.82, 2.24) is 14.7 Å². The Labute approximate surface area is 200 Å². The van der Waals surface area contributed by atoms with E-state index in [0.29, 0.717) is 42.4 Å². The summed E-state index contributed by atoms with van der Waals surface area (Å²) in [4.78, 5) is 2.32. The predicted molar refractivity (Wildman–Crippen MR) is 130 cm³/mol. The van der Waals surface area contributed by atoms with Crippen molar-refractivity contribution in [2.75, 3.05) is 13.2 Å². The highest BCUT2D eigenvalue weighted by molar-refractivity contribution is 6.30. The Morgan fingerprint density at radius 3 is 2.45 bits per heavy atom. The molecule has 1 fully saturated rings. The highest BCUT2D eigenvalue weighted by Crippen LogP contribution is 2.35. The standard InChI is InChI=1S/C26H32ClN3O3/c1-18(2)32-17-23(31)15-29(21-11-12-21)16-25-19(3)28-30(22-7-5-4-6-8-22)26(25)33-24-13-9-20(27)10-14-24/h4-10,13-14,18,21,23,31H,11-12,15-17H2,1-3H3/t23-/m1/s1. The summed E-state index contributed by atoms with van der Waals surface area (Å²) in [7, 11) is 0. The molecule has 33 heavy (non-hydrogen) atoms. The molecular weight excluding hydrogens is 438 g/mol. The van der Waals surface area contributed by atoms with Crippen LogP contribution in [0.15, 0.2) is 54.6 Å². The van der Waals surface area contributed by atoms with Gasteiger partial charge in [-0.3, -0.25) is 4.90 Å². The lowest BCUT2D eigenvalue weighted by atomic mass is 10.2. The number of aliphatic hydroxyl groups excluding tert-OH is 1. The lowest BCUT2D eigenvalue weighted by Gasteiger charge is -2.25. The van der Waals surface area contributed by atoms with Crippen LogP contribution in [-0.2, 0) is 11.3 Å². The first-order valence-electron chi connectivity index (χ1n) is 11.5. The molecule has 0 bridgehead atoms. The highest BCUT2D eigenvalue weighted by Gasteiger charge is 2.32. The topological polar surface area (TPSA) is 59.8 Å². The van der Waals surface area contributed by atoms with Gasteiger partial charge in [0.25, 0.3) is 0 Å². The highest BCUT2D eigenvalue weighted by atomic mass is 35.5. The Morgan fingerprint density at radius 2 is 1.82 bits per heavy atom. The zero-order chi connectivity index (χ0) is 23.4. The van der Waals surface area contributed by atoms with Gasteiger partial charge in [-0.15, -0.1) is 0 Å². The van der Waals surface area contributed by atoms with E-state index in [4.69, 9.17) is 26.2 Å². The Kier molecular flexibility index (Phi) is 7.71. The Morgan fingerprint density at radius 1 is 1.12 bits per heavy atom. The van der Waals surface area contributed by atoms with Gasteiger partial charge < -0.3 is 14.6 Å². The van der Waals surface area contributed by atoms with Crippen LogP contribution in [0.25, 0.3) is 5.69 Å². The molecule has 1 N–H and O–H groups in total. The number of aliphatic hydroxyl groups is 1. The molecule has 0 spiro atoms. The lowest BCUT2D eigenvalue weighted by Crippen LogP contribution is -2.36. The molecule has 1 atom stereocenters. The van der Waals surface area contributed by atoms with Gasteiger partial charge in [-0.1, -0.05) is 29.8 Å². The molecule has 0 unspecified atom stereocenters. The van der Waals surface area contributed by atoms with Crippen LogP contribution >= 0.6 is 11.6 Å². The second-order valence-electron chi connectivity index (χ2n) is 8.87. The fraction of sp³-hybridized carbons (Fsp3) is 0.423. The Balaban J connectivity index is 1.63. The number of aryl methyl sites for hydroxylation is 1. The number of ether oxygens (including phenoxy) is 2. The van der Waals surface area contributed by atoms with Gasteiger partial charge in [0, 0.05) is 24.2 Å². The summed E-state index contributed by atoms with van der Waals surface area (Å²) in [5.74, 6) is 1.38. The molecule has 0 saturated heterocycles. The quantitative estimate of drug-likeness (QED) is 0.408. The summed E-state index contributed by atoms with van der Waals surface area (Å²) in [5.41, 5.74) is 2.85. The monoisotopic (exact) mass is 469 g/mol. The second-order valence-corrected chi connectivity index (χ2v) is 9.31. The number of para-hydroxylation sites is 1. The van der Waals surface area contributed by atoms with E-state index in [1.165, 1.54) is 0 Å². The summed E-state index contributed by atoms with van der Waals surface area (Å²) >= 11 is 6.07. The number of benzene rings is 2. The van der Waals surface area contributed by atoms with E-state index in [9.17, 15) is 5.11 Å². The van der Waals surface area contributed by atoms with E-state index in [2.05, 4.69) is 4.90 Å². The third-order valence-corrected chi connectivity index (χ3v) is 5.91. The van der Waals surface area contributed by atoms with Crippen LogP contribution in [0, 0.1) is 6.92 Å². The first-order valence-corrected chi connectivity index (χ1v) is 11.9. The molecule has 176 valence electrons. The summed E-state index contributed by atoms with van der Waals surface area (Å²) in [5, 5.41) is 16.1. The molecule has 1 heterocycles. The maximum atomic E-state index is 10.6. The van der Waals surface area contributed by atoms with Gasteiger partial charge in [-0.25, -0.2) is 4.68 Å². The fourth-order valence-electron chi connectivity index (χ4n) is 3.80. The van der Waals surface area contributed by atoms with Crippen LogP contribution in [0.3, 0.4) is 0 Å². The molecule has 3 aromatic rings. The summed E-state index contributed by atoms with van der Waals surface area (Å²) in [6, 6.07) is 17.8. The molecule has 2 aromatic carbocycles. The third-order valence-electron chi connectivity index (χ3n) is 5.66. The van der Waals surface area contributed by atoms with Gasteiger partial charge in [0.15, 0.2) is 0 Å². The smallest absolute Gasteiger partial charge is 0.227 e. The zero-order valence-corrected chi connectivity index (χ0v) is 20.2. The van der Waals surface area contributed by atoms with Crippen LogP contribution in [0.5, 0.6) is 11.6 Å². The van der Waals surface area contributed by atoms with Crippen LogP contribution < -0.4 is 4.74 Å². The second kappa shape index (κ2) is 10.7. The van der Waals surface area contributed by atoms with E-state index in [1.807, 2.05) is 80.1 Å². The molecule has 7 heteroatoms. The van der Waals surface area contributed by atoms with Gasteiger partial charge >= 0.3 is 0 Å². The molecular formula is C26H32ClN3O3. The van der Waals surface area contributed by atoms with Gasteiger partial charge in [0.2, 0.25) is 5.88 Å². The minimum atomic E-state index is -0.543. The minimum absolute atomic E-state index is 0.0970. The van der Waals surface area contributed by atoms with E-state index in [-0.39, 0.29) is 6.10 Å². The molecule has 0 amide bonds. The van der Waals surface area contributed by atoms with Gasteiger partial charge in [-0.2, -0.15) is 5.10 Å². The molecule has 1 aliphatic carbocycles. The van der Waals surface area contributed by atoms with E-state index < -0.39 is 6.10 Å². The summed E-state index contributed by atoms with van der Waals surface area (Å²) in [6.07, 6.45) is 1.83. The average Bonchev–Trinajstić information content (AvgIpc) is 3.60. The number of hydrogen-bond donors (Lipinski definition) is 1. The molecule has 0 radical (unpaired) electrons. The van der Waals surface area contributed by atoms with Crippen molar-refractivity contribution in [3.05, 3.63) is 70.9 Å². The zero-order valence-electron chi connectivity index (χ0n) is 19.4. The lowest BCUT2D eigenvalue weighted by molar-refractivity contribution is -0.0107. The van der Waals surface area contributed by atoms with Crippen molar-refractivity contribution >= 4 is 11.6 Å². The van der Waals surface area contributed by atoms with E-state index in [1.54, 1.807) is 0 Å². The normalized spacial score (nSPS) is 14.8. The van der Waals surface area contributed by atoms with E-state index >= 15 is 0 Å². The van der Waals surface area contributed by atoms with Crippen molar-refractivity contribution in [2.24, 2.45) is 0 Å². The number of halogens is 1.